The quantitative estimate of drug-likeness (QED) is 0.520. The number of fused-ring (bicyclic) bond motifs is 1. The Morgan fingerprint density at radius 1 is 1.23 bits per heavy atom. The van der Waals surface area contributed by atoms with Crippen LogP contribution in [0.2, 0.25) is 0 Å². The van der Waals surface area contributed by atoms with Gasteiger partial charge in [0.15, 0.2) is 0 Å². The van der Waals surface area contributed by atoms with E-state index in [0.29, 0.717) is 30.1 Å². The fraction of sp³-hybridized carbons (Fsp3) is 0.778. The molecule has 3 heteroatoms. The van der Waals surface area contributed by atoms with Crippen molar-refractivity contribution in [3.8, 4) is 0 Å². The molecule has 0 aromatic heterocycles. The van der Waals surface area contributed by atoms with Crippen LogP contribution in [-0.4, -0.2) is 33.1 Å². The van der Waals surface area contributed by atoms with E-state index in [4.69, 9.17) is 0 Å². The van der Waals surface area contributed by atoms with E-state index < -0.39 is 17.8 Å². The summed E-state index contributed by atoms with van der Waals surface area (Å²) in [5, 5.41) is 30.2. The molecule has 0 amide bonds. The van der Waals surface area contributed by atoms with Gasteiger partial charge in [-0.15, -0.1) is 0 Å². The van der Waals surface area contributed by atoms with Gasteiger partial charge in [0, 0.05) is 6.42 Å². The van der Waals surface area contributed by atoms with Crippen LogP contribution in [0.4, 0.5) is 0 Å². The van der Waals surface area contributed by atoms with Crippen molar-refractivity contribution in [2.45, 2.75) is 110 Å². The van der Waals surface area contributed by atoms with Crippen molar-refractivity contribution in [1.29, 1.82) is 0 Å². The topological polar surface area (TPSA) is 60.7 Å². The summed E-state index contributed by atoms with van der Waals surface area (Å²) in [5.74, 6) is 2.11. The van der Waals surface area contributed by atoms with E-state index in [1.165, 1.54) is 38.5 Å². The molecule has 0 aliphatic heterocycles. The van der Waals surface area contributed by atoms with Crippen molar-refractivity contribution in [3.05, 3.63) is 35.5 Å². The third kappa shape index (κ3) is 5.29. The number of allylic oxidation sites excluding steroid dienone is 3. The molecular formula is C27H44O3. The third-order valence-electron chi connectivity index (χ3n) is 8.44. The van der Waals surface area contributed by atoms with Gasteiger partial charge in [0.05, 0.1) is 17.8 Å². The highest BCUT2D eigenvalue weighted by molar-refractivity contribution is 5.38. The normalized spacial score (nSPS) is 38.8. The van der Waals surface area contributed by atoms with E-state index in [-0.39, 0.29) is 0 Å². The minimum atomic E-state index is -0.615. The predicted octanol–water partition coefficient (Wildman–Crippen LogP) is 5.70. The lowest BCUT2D eigenvalue weighted by molar-refractivity contribution is 0.0596. The summed E-state index contributed by atoms with van der Waals surface area (Å²) in [7, 11) is 0. The van der Waals surface area contributed by atoms with E-state index in [1.54, 1.807) is 5.57 Å². The molecule has 3 rings (SSSR count). The maximum Gasteiger partial charge on any atom is 0.0811 e. The number of aliphatic hydroxyl groups excluding tert-OH is 2. The highest BCUT2D eigenvalue weighted by atomic mass is 16.3. The van der Waals surface area contributed by atoms with Crippen molar-refractivity contribution in [2.24, 2.45) is 23.2 Å². The Morgan fingerprint density at radius 3 is 2.67 bits per heavy atom. The van der Waals surface area contributed by atoms with E-state index in [0.717, 1.165) is 29.9 Å². The van der Waals surface area contributed by atoms with Crippen molar-refractivity contribution >= 4 is 0 Å². The van der Waals surface area contributed by atoms with Gasteiger partial charge in [-0.05, 0) is 93.1 Å². The van der Waals surface area contributed by atoms with Crippen LogP contribution >= 0.6 is 0 Å². The predicted molar refractivity (Wildman–Crippen MR) is 124 cm³/mol. The molecule has 3 N–H and O–H groups in total. The Kier molecular flexibility index (Phi) is 7.37. The number of hydrogen-bond acceptors (Lipinski definition) is 3. The Bertz CT molecular complexity index is 683. The SMILES string of the molecule is C=C1C(=CC=C2CCC[C@]3(C)[C@@H]([C@H](C)CCCC(C)(C)O)CC[C@@H]23)C[C@@H](O)C[C@H]1O. The Labute approximate surface area is 184 Å². The average Bonchev–Trinajstić information content (AvgIpc) is 3.00. The fourth-order valence-electron chi connectivity index (χ4n) is 6.74. The lowest BCUT2D eigenvalue weighted by Crippen LogP contribution is -2.36. The number of hydrogen-bond donors (Lipinski definition) is 3. The standard InChI is InChI=1S/C27H44O3/c1-18(8-6-14-26(3,4)30)23-12-13-24-20(9-7-15-27(23,24)5)10-11-21-16-22(28)17-25(29)19(21)2/h10-11,18,22-25,28-30H,2,6-9,12-17H2,1,3-5H3/t18-,22-,23-,24+,25-,27-/m1/s1. The van der Waals surface area contributed by atoms with Crippen LogP contribution in [0.25, 0.3) is 0 Å². The van der Waals surface area contributed by atoms with E-state index in [1.807, 2.05) is 13.8 Å². The van der Waals surface area contributed by atoms with E-state index in [9.17, 15) is 15.3 Å². The van der Waals surface area contributed by atoms with Gasteiger partial charge in [-0.2, -0.15) is 0 Å². The van der Waals surface area contributed by atoms with Gasteiger partial charge in [0.2, 0.25) is 0 Å². The zero-order valence-corrected chi connectivity index (χ0v) is 19.7. The van der Waals surface area contributed by atoms with E-state index >= 15 is 0 Å². The summed E-state index contributed by atoms with van der Waals surface area (Å²) < 4.78 is 0. The molecule has 0 aromatic rings. The molecule has 3 saturated carbocycles. The molecule has 0 heterocycles. The lowest BCUT2D eigenvalue weighted by atomic mass is 9.60. The van der Waals surface area contributed by atoms with Crippen LogP contribution in [0.3, 0.4) is 0 Å². The van der Waals surface area contributed by atoms with Gasteiger partial charge in [-0.3, -0.25) is 0 Å². The van der Waals surface area contributed by atoms with Crippen LogP contribution in [0, 0.1) is 23.2 Å². The first-order valence-corrected chi connectivity index (χ1v) is 12.2. The largest absolute Gasteiger partial charge is 0.393 e. The van der Waals surface area contributed by atoms with Gasteiger partial charge in [0.1, 0.15) is 0 Å². The molecular weight excluding hydrogens is 372 g/mol. The monoisotopic (exact) mass is 416 g/mol. The van der Waals surface area contributed by atoms with Crippen molar-refractivity contribution in [3.63, 3.8) is 0 Å². The summed E-state index contributed by atoms with van der Waals surface area (Å²) >= 11 is 0. The molecule has 30 heavy (non-hydrogen) atoms. The smallest absolute Gasteiger partial charge is 0.0811 e. The maximum absolute atomic E-state index is 10.1. The van der Waals surface area contributed by atoms with Crippen LogP contribution in [0.15, 0.2) is 35.5 Å². The highest BCUT2D eigenvalue weighted by Gasteiger charge is 2.50. The molecule has 6 atom stereocenters. The molecule has 0 radical (unpaired) electrons. The highest BCUT2D eigenvalue weighted by Crippen LogP contribution is 2.60. The molecule has 3 nitrogen and oxygen atoms in total. The summed E-state index contributed by atoms with van der Waals surface area (Å²) in [6, 6.07) is 0. The minimum absolute atomic E-state index is 0.374. The number of aliphatic hydroxyl groups is 3. The molecule has 0 unspecified atom stereocenters. The van der Waals surface area contributed by atoms with E-state index in [2.05, 4.69) is 32.6 Å². The molecule has 3 aliphatic carbocycles. The Balaban J connectivity index is 1.70. The second kappa shape index (κ2) is 9.30. The summed E-state index contributed by atoms with van der Waals surface area (Å²) in [5.41, 5.74) is 3.17. The fourth-order valence-corrected chi connectivity index (χ4v) is 6.74. The molecule has 0 aromatic carbocycles. The average molecular weight is 417 g/mol. The molecule has 3 fully saturated rings. The summed E-state index contributed by atoms with van der Waals surface area (Å²) in [6.45, 7) is 12.8. The van der Waals surface area contributed by atoms with Gasteiger partial charge in [-0.25, -0.2) is 0 Å². The molecule has 3 aliphatic rings. The summed E-state index contributed by atoms with van der Waals surface area (Å²) in [4.78, 5) is 0. The summed E-state index contributed by atoms with van der Waals surface area (Å²) in [6.07, 6.45) is 13.9. The third-order valence-corrected chi connectivity index (χ3v) is 8.44. The van der Waals surface area contributed by atoms with Crippen LogP contribution in [-0.2, 0) is 0 Å². The van der Waals surface area contributed by atoms with Crippen LogP contribution in [0.1, 0.15) is 91.9 Å². The van der Waals surface area contributed by atoms with Crippen molar-refractivity contribution in [1.82, 2.24) is 0 Å². The first-order chi connectivity index (χ1) is 14.0. The molecule has 0 bridgehead atoms. The van der Waals surface area contributed by atoms with Crippen molar-refractivity contribution in [2.75, 3.05) is 0 Å². The first kappa shape index (κ1) is 23.8. The molecule has 170 valence electrons. The zero-order valence-electron chi connectivity index (χ0n) is 19.7. The second-order valence-electron chi connectivity index (χ2n) is 11.3. The zero-order chi connectivity index (χ0) is 22.1. The second-order valence-corrected chi connectivity index (χ2v) is 11.3. The first-order valence-electron chi connectivity index (χ1n) is 12.2. The van der Waals surface area contributed by atoms with Gasteiger partial charge in [0.25, 0.3) is 0 Å². The Morgan fingerprint density at radius 2 is 1.97 bits per heavy atom. The minimum Gasteiger partial charge on any atom is -0.393 e. The molecule has 0 spiro atoms. The lowest BCUT2D eigenvalue weighted by Gasteiger charge is -2.44. The number of rotatable bonds is 6. The van der Waals surface area contributed by atoms with Gasteiger partial charge >= 0.3 is 0 Å². The Hall–Kier alpha value is -0.900. The van der Waals surface area contributed by atoms with Gasteiger partial charge < -0.3 is 15.3 Å². The van der Waals surface area contributed by atoms with Crippen LogP contribution in [0.5, 0.6) is 0 Å². The van der Waals surface area contributed by atoms with Gasteiger partial charge in [-0.1, -0.05) is 51.0 Å². The molecule has 0 saturated heterocycles. The van der Waals surface area contributed by atoms with Crippen molar-refractivity contribution < 1.29 is 15.3 Å². The van der Waals surface area contributed by atoms with Crippen LogP contribution < -0.4 is 0 Å². The maximum atomic E-state index is 10.1.